The molecule has 2 aromatic heterocycles. The maximum absolute atomic E-state index is 12.9. The highest BCUT2D eigenvalue weighted by Crippen LogP contribution is 2.35. The Morgan fingerprint density at radius 3 is 3.00 bits per heavy atom. The number of hydrogen-bond acceptors (Lipinski definition) is 4. The quantitative estimate of drug-likeness (QED) is 0.474. The third kappa shape index (κ3) is 2.69. The van der Waals surface area contributed by atoms with Gasteiger partial charge in [0.05, 0.1) is 5.39 Å². The molecule has 3 rings (SSSR count). The second kappa shape index (κ2) is 5.97. The van der Waals surface area contributed by atoms with E-state index in [9.17, 15) is 4.79 Å². The van der Waals surface area contributed by atoms with Gasteiger partial charge in [0.2, 0.25) is 0 Å². The van der Waals surface area contributed by atoms with E-state index < -0.39 is 0 Å². The summed E-state index contributed by atoms with van der Waals surface area (Å²) in [5, 5.41) is 1.71. The lowest BCUT2D eigenvalue weighted by Gasteiger charge is -2.11. The lowest BCUT2D eigenvalue weighted by atomic mass is 10.2. The van der Waals surface area contributed by atoms with Crippen molar-refractivity contribution in [3.8, 4) is 0 Å². The fourth-order valence-corrected chi connectivity index (χ4v) is 4.93. The summed E-state index contributed by atoms with van der Waals surface area (Å²) in [7, 11) is 0. The molecule has 3 nitrogen and oxygen atoms in total. The zero-order valence-corrected chi connectivity index (χ0v) is 14.2. The van der Waals surface area contributed by atoms with E-state index in [0.717, 1.165) is 46.0 Å². The van der Waals surface area contributed by atoms with Crippen molar-refractivity contribution in [2.75, 3.05) is 5.75 Å². The molecule has 1 aliphatic rings. The molecule has 2 aromatic rings. The molecular weight excluding hydrogens is 300 g/mol. The van der Waals surface area contributed by atoms with Gasteiger partial charge >= 0.3 is 0 Å². The van der Waals surface area contributed by atoms with Crippen LogP contribution in [0.3, 0.4) is 0 Å². The zero-order valence-electron chi connectivity index (χ0n) is 12.6. The Hall–Kier alpha value is -1.07. The number of fused-ring (bicyclic) bond motifs is 3. The molecule has 0 radical (unpaired) electrons. The van der Waals surface area contributed by atoms with Gasteiger partial charge in [-0.05, 0) is 38.2 Å². The van der Waals surface area contributed by atoms with Crippen molar-refractivity contribution in [1.82, 2.24) is 9.55 Å². The molecule has 0 N–H and O–H groups in total. The summed E-state index contributed by atoms with van der Waals surface area (Å²) in [5.74, 6) is 0.985. The monoisotopic (exact) mass is 320 g/mol. The number of aryl methyl sites for hydroxylation is 2. The number of hydrogen-bond donors (Lipinski definition) is 0. The summed E-state index contributed by atoms with van der Waals surface area (Å²) >= 11 is 3.39. The van der Waals surface area contributed by atoms with E-state index in [1.807, 2.05) is 11.5 Å². The predicted octanol–water partition coefficient (Wildman–Crippen LogP) is 4.02. The van der Waals surface area contributed by atoms with Gasteiger partial charge in [-0.2, -0.15) is 0 Å². The smallest absolute Gasteiger partial charge is 0.263 e. The van der Waals surface area contributed by atoms with Crippen molar-refractivity contribution in [3.05, 3.63) is 32.9 Å². The van der Waals surface area contributed by atoms with Crippen LogP contribution in [0.15, 0.2) is 22.1 Å². The van der Waals surface area contributed by atoms with E-state index in [2.05, 4.69) is 13.5 Å². The van der Waals surface area contributed by atoms with Crippen LogP contribution in [0.4, 0.5) is 0 Å². The van der Waals surface area contributed by atoms with Crippen molar-refractivity contribution in [2.24, 2.45) is 0 Å². The fraction of sp³-hybridized carbons (Fsp3) is 0.500. The predicted molar refractivity (Wildman–Crippen MR) is 91.7 cm³/mol. The number of thioether (sulfide) groups is 1. The molecule has 0 aliphatic heterocycles. The highest BCUT2D eigenvalue weighted by molar-refractivity contribution is 7.99. The van der Waals surface area contributed by atoms with Gasteiger partial charge in [-0.1, -0.05) is 30.8 Å². The van der Waals surface area contributed by atoms with Crippen LogP contribution in [-0.2, 0) is 19.4 Å². The molecule has 5 heteroatoms. The number of nitrogens with zero attached hydrogens (tertiary/aromatic N) is 2. The van der Waals surface area contributed by atoms with E-state index >= 15 is 0 Å². The zero-order chi connectivity index (χ0) is 15.0. The molecule has 0 saturated carbocycles. The van der Waals surface area contributed by atoms with E-state index in [0.29, 0.717) is 6.54 Å². The Labute approximate surface area is 133 Å². The second-order valence-electron chi connectivity index (χ2n) is 5.63. The summed E-state index contributed by atoms with van der Waals surface area (Å²) in [6.07, 6.45) is 4.38. The SMILES string of the molecule is C=C(C)Cn1c(SCCC)nc2sc3c(c2c1=O)CCC3. The van der Waals surface area contributed by atoms with Crippen LogP contribution < -0.4 is 5.56 Å². The molecule has 0 aromatic carbocycles. The largest absolute Gasteiger partial charge is 0.283 e. The van der Waals surface area contributed by atoms with Crippen molar-refractivity contribution in [1.29, 1.82) is 0 Å². The average molecular weight is 320 g/mol. The van der Waals surface area contributed by atoms with Gasteiger partial charge in [0.15, 0.2) is 5.16 Å². The molecule has 1 aliphatic carbocycles. The minimum absolute atomic E-state index is 0.126. The lowest BCUT2D eigenvalue weighted by Crippen LogP contribution is -2.24. The molecule has 0 bridgehead atoms. The first-order valence-corrected chi connectivity index (χ1v) is 9.24. The third-order valence-electron chi connectivity index (χ3n) is 3.65. The average Bonchev–Trinajstić information content (AvgIpc) is 2.99. The van der Waals surface area contributed by atoms with Gasteiger partial charge in [0.1, 0.15) is 4.83 Å². The van der Waals surface area contributed by atoms with Crippen molar-refractivity contribution in [2.45, 2.75) is 51.2 Å². The summed E-state index contributed by atoms with van der Waals surface area (Å²) in [4.78, 5) is 20.0. The summed E-state index contributed by atoms with van der Waals surface area (Å²) in [6, 6.07) is 0. The van der Waals surface area contributed by atoms with Crippen LogP contribution in [0.1, 0.15) is 37.1 Å². The molecule has 0 unspecified atom stereocenters. The van der Waals surface area contributed by atoms with Crippen molar-refractivity contribution < 1.29 is 0 Å². The van der Waals surface area contributed by atoms with E-state index in [1.165, 1.54) is 16.9 Å². The molecule has 2 heterocycles. The highest BCUT2D eigenvalue weighted by Gasteiger charge is 2.23. The third-order valence-corrected chi connectivity index (χ3v) is 6.02. The van der Waals surface area contributed by atoms with Gasteiger partial charge in [0, 0.05) is 17.2 Å². The van der Waals surface area contributed by atoms with E-state index in [-0.39, 0.29) is 5.56 Å². The van der Waals surface area contributed by atoms with Gasteiger partial charge in [-0.25, -0.2) is 4.98 Å². The molecule has 0 amide bonds. The van der Waals surface area contributed by atoms with Crippen LogP contribution in [0.2, 0.25) is 0 Å². The molecule has 0 spiro atoms. The van der Waals surface area contributed by atoms with Gasteiger partial charge in [-0.15, -0.1) is 11.3 Å². The first-order valence-electron chi connectivity index (χ1n) is 7.44. The van der Waals surface area contributed by atoms with Crippen LogP contribution in [0, 0.1) is 0 Å². The highest BCUT2D eigenvalue weighted by atomic mass is 32.2. The summed E-state index contributed by atoms with van der Waals surface area (Å²) in [5.41, 5.74) is 2.37. The van der Waals surface area contributed by atoms with E-state index in [1.54, 1.807) is 23.1 Å². The van der Waals surface area contributed by atoms with Crippen LogP contribution in [-0.4, -0.2) is 15.3 Å². The first kappa shape index (κ1) is 14.9. The Kier molecular flexibility index (Phi) is 4.22. The van der Waals surface area contributed by atoms with Crippen LogP contribution in [0.5, 0.6) is 0 Å². The number of rotatable bonds is 5. The molecule has 112 valence electrons. The molecule has 0 atom stereocenters. The molecule has 0 saturated heterocycles. The second-order valence-corrected chi connectivity index (χ2v) is 7.77. The standard InChI is InChI=1S/C16H20N2OS2/c1-4-8-20-16-17-14-13(11-6-5-7-12(11)21-14)15(19)18(16)9-10(2)3/h2,4-9H2,1,3H3. The number of allylic oxidation sites excluding steroid dienone is 1. The van der Waals surface area contributed by atoms with Crippen molar-refractivity contribution >= 4 is 33.3 Å². The molecular formula is C16H20N2OS2. The number of thiophene rings is 1. The maximum atomic E-state index is 12.9. The van der Waals surface area contributed by atoms with Crippen molar-refractivity contribution in [3.63, 3.8) is 0 Å². The Balaban J connectivity index is 2.20. The summed E-state index contributed by atoms with van der Waals surface area (Å²) in [6.45, 7) is 8.63. The summed E-state index contributed by atoms with van der Waals surface area (Å²) < 4.78 is 1.82. The molecule has 21 heavy (non-hydrogen) atoms. The lowest BCUT2D eigenvalue weighted by molar-refractivity contribution is 0.652. The fourth-order valence-electron chi connectivity index (χ4n) is 2.77. The van der Waals surface area contributed by atoms with E-state index in [4.69, 9.17) is 4.98 Å². The van der Waals surface area contributed by atoms with Crippen LogP contribution in [0.25, 0.3) is 10.2 Å². The van der Waals surface area contributed by atoms with Gasteiger partial charge in [-0.3, -0.25) is 9.36 Å². The first-order chi connectivity index (χ1) is 10.1. The minimum atomic E-state index is 0.126. The number of aromatic nitrogens is 2. The Morgan fingerprint density at radius 1 is 1.48 bits per heavy atom. The minimum Gasteiger partial charge on any atom is -0.283 e. The molecule has 0 fully saturated rings. The Morgan fingerprint density at radius 2 is 2.29 bits per heavy atom. The maximum Gasteiger partial charge on any atom is 0.263 e. The topological polar surface area (TPSA) is 34.9 Å². The van der Waals surface area contributed by atoms with Crippen LogP contribution >= 0.6 is 23.1 Å². The van der Waals surface area contributed by atoms with Gasteiger partial charge < -0.3 is 0 Å². The Bertz CT molecular complexity index is 758. The van der Waals surface area contributed by atoms with Gasteiger partial charge in [0.25, 0.3) is 5.56 Å². The normalized spacial score (nSPS) is 13.8.